The molecule has 0 amide bonds. The molecule has 1 aromatic rings. The van der Waals surface area contributed by atoms with Crippen molar-refractivity contribution in [2.75, 3.05) is 20.1 Å². The highest BCUT2D eigenvalue weighted by Gasteiger charge is 2.20. The number of rotatable bonds is 4. The lowest BCUT2D eigenvalue weighted by molar-refractivity contribution is -0.136. The van der Waals surface area contributed by atoms with Crippen LogP contribution in [0.1, 0.15) is 29.8 Å². The standard InChI is InChI=1S/C15H23N3O3/c1-10-13(8-14(19)20)11(2)18(15(21)16-10)9-12-4-6-17(3)7-5-12/h12H,4-9H2,1-3H3,(H,19,20). The van der Waals surface area contributed by atoms with E-state index in [0.29, 0.717) is 23.7 Å². The molecule has 1 aliphatic rings. The molecule has 1 N–H and O–H groups in total. The van der Waals surface area contributed by atoms with E-state index < -0.39 is 5.97 Å². The van der Waals surface area contributed by atoms with Gasteiger partial charge in [0.05, 0.1) is 6.42 Å². The fourth-order valence-corrected chi connectivity index (χ4v) is 2.96. The first kappa shape index (κ1) is 15.7. The van der Waals surface area contributed by atoms with E-state index in [4.69, 9.17) is 5.11 Å². The maximum atomic E-state index is 12.1. The lowest BCUT2D eigenvalue weighted by Gasteiger charge is -2.29. The van der Waals surface area contributed by atoms with Crippen molar-refractivity contribution in [3.8, 4) is 0 Å². The van der Waals surface area contributed by atoms with E-state index in [1.54, 1.807) is 11.5 Å². The van der Waals surface area contributed by atoms with E-state index in [9.17, 15) is 9.59 Å². The van der Waals surface area contributed by atoms with Crippen LogP contribution in [0, 0.1) is 19.8 Å². The summed E-state index contributed by atoms with van der Waals surface area (Å²) in [5.74, 6) is -0.438. The van der Waals surface area contributed by atoms with Crippen molar-refractivity contribution in [2.45, 2.75) is 39.7 Å². The summed E-state index contributed by atoms with van der Waals surface area (Å²) in [7, 11) is 2.10. The van der Waals surface area contributed by atoms with Crippen LogP contribution in [-0.2, 0) is 17.8 Å². The van der Waals surface area contributed by atoms with E-state index >= 15 is 0 Å². The molecular weight excluding hydrogens is 270 g/mol. The van der Waals surface area contributed by atoms with Gasteiger partial charge in [-0.2, -0.15) is 4.98 Å². The molecule has 2 rings (SSSR count). The first-order chi connectivity index (χ1) is 9.88. The highest BCUT2D eigenvalue weighted by atomic mass is 16.4. The summed E-state index contributed by atoms with van der Waals surface area (Å²) >= 11 is 0. The molecular formula is C15H23N3O3. The average molecular weight is 293 g/mol. The van der Waals surface area contributed by atoms with Crippen molar-refractivity contribution in [3.05, 3.63) is 27.4 Å². The van der Waals surface area contributed by atoms with E-state index in [-0.39, 0.29) is 12.1 Å². The number of piperidine rings is 1. The minimum absolute atomic E-state index is 0.0850. The molecule has 0 spiro atoms. The van der Waals surface area contributed by atoms with Crippen LogP contribution >= 0.6 is 0 Å². The smallest absolute Gasteiger partial charge is 0.347 e. The van der Waals surface area contributed by atoms with Gasteiger partial charge in [0.25, 0.3) is 0 Å². The number of aryl methyl sites for hydroxylation is 1. The molecule has 0 saturated carbocycles. The molecule has 0 aromatic carbocycles. The zero-order chi connectivity index (χ0) is 15.6. The molecule has 0 unspecified atom stereocenters. The van der Waals surface area contributed by atoms with Gasteiger partial charge in [0, 0.05) is 23.5 Å². The van der Waals surface area contributed by atoms with Crippen molar-refractivity contribution in [2.24, 2.45) is 5.92 Å². The molecule has 0 atom stereocenters. The number of carbonyl (C=O) groups is 1. The van der Waals surface area contributed by atoms with Crippen LogP contribution in [0.15, 0.2) is 4.79 Å². The predicted molar refractivity (Wildman–Crippen MR) is 79.5 cm³/mol. The molecule has 21 heavy (non-hydrogen) atoms. The monoisotopic (exact) mass is 293 g/mol. The summed E-state index contributed by atoms with van der Waals surface area (Å²) in [4.78, 5) is 29.4. The van der Waals surface area contributed by atoms with Gasteiger partial charge in [-0.3, -0.25) is 9.36 Å². The molecule has 6 heteroatoms. The van der Waals surface area contributed by atoms with Gasteiger partial charge < -0.3 is 10.0 Å². The third-order valence-corrected chi connectivity index (χ3v) is 4.38. The van der Waals surface area contributed by atoms with Crippen molar-refractivity contribution in [1.82, 2.24) is 14.5 Å². The summed E-state index contributed by atoms with van der Waals surface area (Å²) in [5, 5.41) is 9.01. The number of carboxylic acid groups (broad SMARTS) is 1. The van der Waals surface area contributed by atoms with Gasteiger partial charge in [0.15, 0.2) is 0 Å². The summed E-state index contributed by atoms with van der Waals surface area (Å²) in [6.45, 7) is 6.24. The third-order valence-electron chi connectivity index (χ3n) is 4.38. The SMILES string of the molecule is Cc1nc(=O)n(CC2CCN(C)CC2)c(C)c1CC(=O)O. The Hall–Kier alpha value is -1.69. The van der Waals surface area contributed by atoms with Crippen LogP contribution in [0.5, 0.6) is 0 Å². The van der Waals surface area contributed by atoms with Gasteiger partial charge in [-0.1, -0.05) is 0 Å². The van der Waals surface area contributed by atoms with Crippen molar-refractivity contribution >= 4 is 5.97 Å². The van der Waals surface area contributed by atoms with Gasteiger partial charge in [-0.05, 0) is 52.7 Å². The Kier molecular flexibility index (Phi) is 4.77. The van der Waals surface area contributed by atoms with E-state index in [0.717, 1.165) is 31.6 Å². The van der Waals surface area contributed by atoms with Gasteiger partial charge in [-0.15, -0.1) is 0 Å². The quantitative estimate of drug-likeness (QED) is 0.890. The van der Waals surface area contributed by atoms with Gasteiger partial charge in [-0.25, -0.2) is 4.79 Å². The topological polar surface area (TPSA) is 75.4 Å². The summed E-state index contributed by atoms with van der Waals surface area (Å²) in [6.07, 6.45) is 2.04. The number of carboxylic acids is 1. The molecule has 0 bridgehead atoms. The zero-order valence-corrected chi connectivity index (χ0v) is 12.9. The van der Waals surface area contributed by atoms with Crippen LogP contribution in [-0.4, -0.2) is 45.7 Å². The third kappa shape index (κ3) is 3.69. The Bertz CT molecular complexity index is 587. The molecule has 2 heterocycles. The summed E-state index contributed by atoms with van der Waals surface area (Å²) < 4.78 is 1.65. The fraction of sp³-hybridized carbons (Fsp3) is 0.667. The van der Waals surface area contributed by atoms with E-state index in [2.05, 4.69) is 16.9 Å². The lowest BCUT2D eigenvalue weighted by Crippen LogP contribution is -2.36. The predicted octanol–water partition coefficient (Wildman–Crippen LogP) is 0.829. The highest BCUT2D eigenvalue weighted by Crippen LogP contribution is 2.19. The van der Waals surface area contributed by atoms with Crippen molar-refractivity contribution in [3.63, 3.8) is 0 Å². The fourth-order valence-electron chi connectivity index (χ4n) is 2.96. The molecule has 1 saturated heterocycles. The highest BCUT2D eigenvalue weighted by molar-refractivity contribution is 5.70. The number of aliphatic carboxylic acids is 1. The Labute approximate surface area is 124 Å². The largest absolute Gasteiger partial charge is 0.481 e. The van der Waals surface area contributed by atoms with Crippen LogP contribution in [0.25, 0.3) is 0 Å². The second-order valence-electron chi connectivity index (χ2n) is 5.97. The van der Waals surface area contributed by atoms with Crippen LogP contribution < -0.4 is 5.69 Å². The normalized spacial score (nSPS) is 17.1. The molecule has 1 aromatic heterocycles. The van der Waals surface area contributed by atoms with Crippen LogP contribution in [0.3, 0.4) is 0 Å². The second kappa shape index (κ2) is 6.39. The zero-order valence-electron chi connectivity index (χ0n) is 12.9. The molecule has 116 valence electrons. The first-order valence-corrected chi connectivity index (χ1v) is 7.35. The van der Waals surface area contributed by atoms with Crippen LogP contribution in [0.4, 0.5) is 0 Å². The molecule has 0 radical (unpaired) electrons. The Morgan fingerprint density at radius 3 is 2.52 bits per heavy atom. The Morgan fingerprint density at radius 1 is 1.33 bits per heavy atom. The van der Waals surface area contributed by atoms with Gasteiger partial charge in [0.1, 0.15) is 0 Å². The van der Waals surface area contributed by atoms with Crippen molar-refractivity contribution in [1.29, 1.82) is 0 Å². The number of likely N-dealkylation sites (tertiary alicyclic amines) is 1. The van der Waals surface area contributed by atoms with E-state index in [1.165, 1.54) is 0 Å². The second-order valence-corrected chi connectivity index (χ2v) is 5.97. The Balaban J connectivity index is 2.26. The molecule has 0 aliphatic carbocycles. The van der Waals surface area contributed by atoms with Crippen molar-refractivity contribution < 1.29 is 9.90 Å². The van der Waals surface area contributed by atoms with Gasteiger partial charge in [0.2, 0.25) is 0 Å². The maximum absolute atomic E-state index is 12.1. The maximum Gasteiger partial charge on any atom is 0.347 e. The molecule has 6 nitrogen and oxygen atoms in total. The summed E-state index contributed by atoms with van der Waals surface area (Å²) in [6, 6.07) is 0. The van der Waals surface area contributed by atoms with Gasteiger partial charge >= 0.3 is 11.7 Å². The summed E-state index contributed by atoms with van der Waals surface area (Å²) in [5.41, 5.74) is 1.67. The lowest BCUT2D eigenvalue weighted by atomic mass is 9.96. The molecule has 1 aliphatic heterocycles. The Morgan fingerprint density at radius 2 is 1.95 bits per heavy atom. The minimum Gasteiger partial charge on any atom is -0.481 e. The average Bonchev–Trinajstić information content (AvgIpc) is 2.41. The number of aromatic nitrogens is 2. The molecule has 1 fully saturated rings. The van der Waals surface area contributed by atoms with E-state index in [1.807, 2.05) is 6.92 Å². The number of hydrogen-bond acceptors (Lipinski definition) is 4. The number of hydrogen-bond donors (Lipinski definition) is 1. The minimum atomic E-state index is -0.896. The van der Waals surface area contributed by atoms with Crippen LogP contribution in [0.2, 0.25) is 0 Å². The number of nitrogens with zero attached hydrogens (tertiary/aromatic N) is 3. The first-order valence-electron chi connectivity index (χ1n) is 7.35.